The van der Waals surface area contributed by atoms with Crippen LogP contribution < -0.4 is 4.74 Å². The van der Waals surface area contributed by atoms with Gasteiger partial charge in [-0.05, 0) is 44.2 Å². The van der Waals surface area contributed by atoms with Crippen molar-refractivity contribution in [1.29, 1.82) is 0 Å². The Labute approximate surface area is 91.2 Å². The van der Waals surface area contributed by atoms with E-state index in [2.05, 4.69) is 26.0 Å². The second kappa shape index (κ2) is 4.67. The monoisotopic (exact) mass is 206 g/mol. The Morgan fingerprint density at radius 2 is 2.07 bits per heavy atom. The SMILES string of the molecule is Cc1ccc(OCOCC2CC2)c(C)c1. The molecule has 1 aliphatic carbocycles. The van der Waals surface area contributed by atoms with Gasteiger partial charge in [0.05, 0.1) is 6.61 Å². The third-order valence-corrected chi connectivity index (χ3v) is 2.68. The first-order valence-electron chi connectivity index (χ1n) is 5.53. The van der Waals surface area contributed by atoms with Crippen molar-refractivity contribution >= 4 is 0 Å². The highest BCUT2D eigenvalue weighted by molar-refractivity contribution is 5.35. The van der Waals surface area contributed by atoms with Crippen LogP contribution in [-0.4, -0.2) is 13.4 Å². The average molecular weight is 206 g/mol. The van der Waals surface area contributed by atoms with Crippen LogP contribution in [0, 0.1) is 19.8 Å². The Kier molecular flexibility index (Phi) is 3.27. The molecular formula is C13H18O2. The van der Waals surface area contributed by atoms with Crippen molar-refractivity contribution in [2.75, 3.05) is 13.4 Å². The standard InChI is InChI=1S/C13H18O2/c1-10-3-6-13(11(2)7-10)15-9-14-8-12-4-5-12/h3,6-7,12H,4-5,8-9H2,1-2H3. The lowest BCUT2D eigenvalue weighted by atomic mass is 10.1. The van der Waals surface area contributed by atoms with Crippen molar-refractivity contribution in [3.05, 3.63) is 29.3 Å². The average Bonchev–Trinajstić information content (AvgIpc) is 2.99. The summed E-state index contributed by atoms with van der Waals surface area (Å²) in [5.41, 5.74) is 2.43. The van der Waals surface area contributed by atoms with Crippen molar-refractivity contribution in [1.82, 2.24) is 0 Å². The number of hydrogen-bond donors (Lipinski definition) is 0. The van der Waals surface area contributed by atoms with Gasteiger partial charge in [0.25, 0.3) is 0 Å². The molecule has 1 aromatic rings. The zero-order valence-electron chi connectivity index (χ0n) is 9.45. The molecule has 1 aliphatic rings. The third kappa shape index (κ3) is 3.24. The molecule has 0 spiro atoms. The van der Waals surface area contributed by atoms with E-state index in [0.717, 1.165) is 18.3 Å². The van der Waals surface area contributed by atoms with E-state index in [0.29, 0.717) is 6.79 Å². The van der Waals surface area contributed by atoms with Crippen LogP contribution in [0.5, 0.6) is 5.75 Å². The third-order valence-electron chi connectivity index (χ3n) is 2.68. The zero-order valence-corrected chi connectivity index (χ0v) is 9.45. The van der Waals surface area contributed by atoms with Crippen molar-refractivity contribution in [2.45, 2.75) is 26.7 Å². The normalized spacial score (nSPS) is 15.3. The summed E-state index contributed by atoms with van der Waals surface area (Å²) in [4.78, 5) is 0. The summed E-state index contributed by atoms with van der Waals surface area (Å²) in [6.07, 6.45) is 2.65. The summed E-state index contributed by atoms with van der Waals surface area (Å²) in [5, 5.41) is 0. The van der Waals surface area contributed by atoms with Crippen molar-refractivity contribution in [3.63, 3.8) is 0 Å². The van der Waals surface area contributed by atoms with E-state index in [4.69, 9.17) is 9.47 Å². The maximum atomic E-state index is 5.55. The number of benzene rings is 1. The Morgan fingerprint density at radius 3 is 2.73 bits per heavy atom. The minimum absolute atomic E-state index is 0.375. The molecule has 0 N–H and O–H groups in total. The molecule has 1 aromatic carbocycles. The highest BCUT2D eigenvalue weighted by Gasteiger charge is 2.21. The fourth-order valence-electron chi connectivity index (χ4n) is 1.57. The van der Waals surface area contributed by atoms with Gasteiger partial charge in [0.2, 0.25) is 0 Å². The maximum absolute atomic E-state index is 5.55. The van der Waals surface area contributed by atoms with E-state index in [-0.39, 0.29) is 0 Å². The first-order chi connectivity index (χ1) is 7.25. The van der Waals surface area contributed by atoms with Gasteiger partial charge in [0, 0.05) is 0 Å². The van der Waals surface area contributed by atoms with Crippen LogP contribution in [0.15, 0.2) is 18.2 Å². The molecule has 2 rings (SSSR count). The predicted molar refractivity (Wildman–Crippen MR) is 60.1 cm³/mol. The molecule has 0 aromatic heterocycles. The molecule has 1 fully saturated rings. The van der Waals surface area contributed by atoms with E-state index in [1.165, 1.54) is 24.0 Å². The van der Waals surface area contributed by atoms with E-state index >= 15 is 0 Å². The lowest BCUT2D eigenvalue weighted by Crippen LogP contribution is -2.05. The summed E-state index contributed by atoms with van der Waals surface area (Å²) in [6.45, 7) is 5.37. The summed E-state index contributed by atoms with van der Waals surface area (Å²) < 4.78 is 11.0. The van der Waals surface area contributed by atoms with Gasteiger partial charge < -0.3 is 9.47 Å². The first kappa shape index (κ1) is 10.5. The first-order valence-corrected chi connectivity index (χ1v) is 5.53. The summed E-state index contributed by atoms with van der Waals surface area (Å²) in [7, 11) is 0. The molecule has 2 nitrogen and oxygen atoms in total. The van der Waals surface area contributed by atoms with Crippen LogP contribution in [0.4, 0.5) is 0 Å². The molecule has 0 aliphatic heterocycles. The molecule has 0 amide bonds. The Morgan fingerprint density at radius 1 is 1.27 bits per heavy atom. The molecule has 0 bridgehead atoms. The van der Waals surface area contributed by atoms with Crippen LogP contribution in [0.2, 0.25) is 0 Å². The van der Waals surface area contributed by atoms with Gasteiger partial charge in [0.1, 0.15) is 5.75 Å². The smallest absolute Gasteiger partial charge is 0.189 e. The van der Waals surface area contributed by atoms with Crippen molar-refractivity contribution < 1.29 is 9.47 Å². The van der Waals surface area contributed by atoms with Crippen LogP contribution in [0.25, 0.3) is 0 Å². The number of aryl methyl sites for hydroxylation is 2. The van der Waals surface area contributed by atoms with Gasteiger partial charge in [0.15, 0.2) is 6.79 Å². The van der Waals surface area contributed by atoms with Gasteiger partial charge in [-0.3, -0.25) is 0 Å². The van der Waals surface area contributed by atoms with E-state index in [1.807, 2.05) is 6.07 Å². The Balaban J connectivity index is 1.76. The minimum Gasteiger partial charge on any atom is -0.467 e. The molecule has 0 heterocycles. The Bertz CT molecular complexity index is 329. The molecule has 1 saturated carbocycles. The maximum Gasteiger partial charge on any atom is 0.189 e. The molecule has 82 valence electrons. The van der Waals surface area contributed by atoms with Crippen molar-refractivity contribution in [2.24, 2.45) is 5.92 Å². The van der Waals surface area contributed by atoms with E-state index < -0.39 is 0 Å². The van der Waals surface area contributed by atoms with Crippen LogP contribution in [0.1, 0.15) is 24.0 Å². The van der Waals surface area contributed by atoms with E-state index in [1.54, 1.807) is 0 Å². The molecule has 0 unspecified atom stereocenters. The molecule has 2 heteroatoms. The number of rotatable bonds is 5. The van der Waals surface area contributed by atoms with Gasteiger partial charge in [-0.15, -0.1) is 0 Å². The fourth-order valence-corrected chi connectivity index (χ4v) is 1.57. The van der Waals surface area contributed by atoms with Crippen LogP contribution in [0.3, 0.4) is 0 Å². The van der Waals surface area contributed by atoms with Gasteiger partial charge in [-0.1, -0.05) is 17.7 Å². The molecule has 0 saturated heterocycles. The minimum atomic E-state index is 0.375. The molecule has 0 radical (unpaired) electrons. The fraction of sp³-hybridized carbons (Fsp3) is 0.538. The second-order valence-corrected chi connectivity index (χ2v) is 4.35. The molecular weight excluding hydrogens is 188 g/mol. The summed E-state index contributed by atoms with van der Waals surface area (Å²) in [5.74, 6) is 1.73. The predicted octanol–water partition coefficient (Wildman–Crippen LogP) is 3.07. The topological polar surface area (TPSA) is 18.5 Å². The highest BCUT2D eigenvalue weighted by Crippen LogP contribution is 2.28. The summed E-state index contributed by atoms with van der Waals surface area (Å²) in [6, 6.07) is 6.19. The molecule has 15 heavy (non-hydrogen) atoms. The largest absolute Gasteiger partial charge is 0.467 e. The van der Waals surface area contributed by atoms with E-state index in [9.17, 15) is 0 Å². The number of ether oxygens (including phenoxy) is 2. The molecule has 0 atom stereocenters. The zero-order chi connectivity index (χ0) is 10.7. The highest BCUT2D eigenvalue weighted by atomic mass is 16.7. The van der Waals surface area contributed by atoms with Crippen LogP contribution >= 0.6 is 0 Å². The lowest BCUT2D eigenvalue weighted by Gasteiger charge is -2.09. The van der Waals surface area contributed by atoms with Gasteiger partial charge in [-0.2, -0.15) is 0 Å². The summed E-state index contributed by atoms with van der Waals surface area (Å²) >= 11 is 0. The van der Waals surface area contributed by atoms with Crippen LogP contribution in [-0.2, 0) is 4.74 Å². The van der Waals surface area contributed by atoms with Gasteiger partial charge >= 0.3 is 0 Å². The second-order valence-electron chi connectivity index (χ2n) is 4.35. The Hall–Kier alpha value is -1.02. The quantitative estimate of drug-likeness (QED) is 0.544. The lowest BCUT2D eigenvalue weighted by molar-refractivity contribution is 0.00960. The number of hydrogen-bond acceptors (Lipinski definition) is 2. The van der Waals surface area contributed by atoms with Crippen molar-refractivity contribution in [3.8, 4) is 5.75 Å². The van der Waals surface area contributed by atoms with Gasteiger partial charge in [-0.25, -0.2) is 0 Å².